The number of hydrogen-bond acceptors (Lipinski definition) is 2. The van der Waals surface area contributed by atoms with Gasteiger partial charge in [0.05, 0.1) is 6.07 Å². The van der Waals surface area contributed by atoms with Crippen molar-refractivity contribution in [3.63, 3.8) is 0 Å². The van der Waals surface area contributed by atoms with Gasteiger partial charge in [-0.05, 0) is 12.8 Å². The molecular weight excluding hydrogens is 164 g/mol. The number of rotatable bonds is 1. The van der Waals surface area contributed by atoms with Crippen LogP contribution in [0.5, 0.6) is 0 Å². The van der Waals surface area contributed by atoms with Gasteiger partial charge in [-0.1, -0.05) is 12.8 Å². The minimum Gasteiger partial charge on any atom is -0.341 e. The van der Waals surface area contributed by atoms with E-state index in [0.717, 1.165) is 13.1 Å². The summed E-state index contributed by atoms with van der Waals surface area (Å²) in [7, 11) is 0. The zero-order valence-corrected chi connectivity index (χ0v) is 7.75. The lowest BCUT2D eigenvalue weighted by atomic mass is 9.78. The third kappa shape index (κ3) is 1.41. The van der Waals surface area contributed by atoms with Gasteiger partial charge in [-0.2, -0.15) is 5.26 Å². The molecule has 0 radical (unpaired) electrons. The summed E-state index contributed by atoms with van der Waals surface area (Å²) in [5.74, 6) is 0.0139. The van der Waals surface area contributed by atoms with Crippen LogP contribution in [0.15, 0.2) is 0 Å². The Balaban J connectivity index is 1.84. The SMILES string of the molecule is N#CCC(=O)N1CC2(CCCC2)C1. The fourth-order valence-electron chi connectivity index (χ4n) is 2.56. The number of likely N-dealkylation sites (tertiary alicyclic amines) is 1. The summed E-state index contributed by atoms with van der Waals surface area (Å²) in [6.07, 6.45) is 5.25. The molecular formula is C10H14N2O. The molecule has 1 spiro atoms. The first-order valence-corrected chi connectivity index (χ1v) is 4.91. The molecule has 0 N–H and O–H groups in total. The Morgan fingerprint density at radius 3 is 2.54 bits per heavy atom. The standard InChI is InChI=1S/C10H14N2O/c11-6-3-9(13)12-7-10(8-12)4-1-2-5-10/h1-5,7-8H2. The highest BCUT2D eigenvalue weighted by Gasteiger charge is 2.46. The Bertz CT molecular complexity index is 253. The Kier molecular flexibility index (Phi) is 1.99. The van der Waals surface area contributed by atoms with E-state index in [1.165, 1.54) is 25.7 Å². The zero-order valence-electron chi connectivity index (χ0n) is 7.75. The van der Waals surface area contributed by atoms with Gasteiger partial charge in [0.15, 0.2) is 0 Å². The first kappa shape index (κ1) is 8.55. The van der Waals surface area contributed by atoms with Crippen LogP contribution in [-0.2, 0) is 4.79 Å². The van der Waals surface area contributed by atoms with E-state index < -0.39 is 0 Å². The number of amides is 1. The highest BCUT2D eigenvalue weighted by molar-refractivity contribution is 5.79. The molecule has 2 rings (SSSR count). The summed E-state index contributed by atoms with van der Waals surface area (Å²) >= 11 is 0. The molecule has 1 saturated carbocycles. The third-order valence-corrected chi connectivity index (χ3v) is 3.30. The van der Waals surface area contributed by atoms with E-state index in [-0.39, 0.29) is 12.3 Å². The van der Waals surface area contributed by atoms with Gasteiger partial charge in [0.2, 0.25) is 5.91 Å². The fourth-order valence-corrected chi connectivity index (χ4v) is 2.56. The second-order valence-electron chi connectivity index (χ2n) is 4.29. The van der Waals surface area contributed by atoms with Crippen molar-refractivity contribution in [2.45, 2.75) is 32.1 Å². The van der Waals surface area contributed by atoms with E-state index in [9.17, 15) is 4.79 Å². The molecule has 3 nitrogen and oxygen atoms in total. The zero-order chi connectivity index (χ0) is 9.31. The largest absolute Gasteiger partial charge is 0.341 e. The molecule has 1 amide bonds. The van der Waals surface area contributed by atoms with E-state index in [2.05, 4.69) is 0 Å². The van der Waals surface area contributed by atoms with Gasteiger partial charge in [0.1, 0.15) is 6.42 Å². The number of hydrogen-bond donors (Lipinski definition) is 0. The highest BCUT2D eigenvalue weighted by atomic mass is 16.2. The fraction of sp³-hybridized carbons (Fsp3) is 0.800. The first-order chi connectivity index (χ1) is 6.26. The highest BCUT2D eigenvalue weighted by Crippen LogP contribution is 2.45. The molecule has 0 bridgehead atoms. The van der Waals surface area contributed by atoms with E-state index in [4.69, 9.17) is 5.26 Å². The monoisotopic (exact) mass is 178 g/mol. The van der Waals surface area contributed by atoms with Crippen molar-refractivity contribution in [1.82, 2.24) is 4.90 Å². The Morgan fingerprint density at radius 2 is 2.00 bits per heavy atom. The Labute approximate surface area is 78.3 Å². The van der Waals surface area contributed by atoms with Gasteiger partial charge in [0, 0.05) is 18.5 Å². The maximum absolute atomic E-state index is 11.3. The van der Waals surface area contributed by atoms with E-state index in [0.29, 0.717) is 5.41 Å². The predicted molar refractivity (Wildman–Crippen MR) is 47.7 cm³/mol. The van der Waals surface area contributed by atoms with E-state index in [1.807, 2.05) is 11.0 Å². The van der Waals surface area contributed by atoms with Crippen molar-refractivity contribution in [2.24, 2.45) is 5.41 Å². The van der Waals surface area contributed by atoms with Crippen molar-refractivity contribution >= 4 is 5.91 Å². The number of carbonyl (C=O) groups is 1. The number of nitriles is 1. The minimum absolute atomic E-state index is 0.0139. The number of carbonyl (C=O) groups excluding carboxylic acids is 1. The van der Waals surface area contributed by atoms with Gasteiger partial charge in [-0.15, -0.1) is 0 Å². The Morgan fingerprint density at radius 1 is 1.38 bits per heavy atom. The Hall–Kier alpha value is -1.04. The second kappa shape index (κ2) is 3.02. The average Bonchev–Trinajstić information content (AvgIpc) is 2.49. The molecule has 1 aliphatic carbocycles. The molecule has 3 heteroatoms. The van der Waals surface area contributed by atoms with E-state index in [1.54, 1.807) is 0 Å². The topological polar surface area (TPSA) is 44.1 Å². The van der Waals surface area contributed by atoms with Crippen LogP contribution in [0.2, 0.25) is 0 Å². The molecule has 70 valence electrons. The van der Waals surface area contributed by atoms with Gasteiger partial charge in [-0.25, -0.2) is 0 Å². The molecule has 0 aromatic carbocycles. The van der Waals surface area contributed by atoms with Crippen LogP contribution >= 0.6 is 0 Å². The van der Waals surface area contributed by atoms with Crippen molar-refractivity contribution < 1.29 is 4.79 Å². The van der Waals surface area contributed by atoms with Crippen LogP contribution in [0.25, 0.3) is 0 Å². The van der Waals surface area contributed by atoms with Gasteiger partial charge >= 0.3 is 0 Å². The van der Waals surface area contributed by atoms with Gasteiger partial charge in [-0.3, -0.25) is 4.79 Å². The van der Waals surface area contributed by atoms with Crippen LogP contribution in [-0.4, -0.2) is 23.9 Å². The van der Waals surface area contributed by atoms with Crippen molar-refractivity contribution in [3.05, 3.63) is 0 Å². The van der Waals surface area contributed by atoms with Crippen molar-refractivity contribution in [3.8, 4) is 6.07 Å². The summed E-state index contributed by atoms with van der Waals surface area (Å²) in [5, 5.41) is 8.36. The average molecular weight is 178 g/mol. The lowest BCUT2D eigenvalue weighted by Crippen LogP contribution is -2.57. The van der Waals surface area contributed by atoms with Crippen LogP contribution in [0, 0.1) is 16.7 Å². The van der Waals surface area contributed by atoms with Crippen molar-refractivity contribution in [1.29, 1.82) is 5.26 Å². The maximum atomic E-state index is 11.3. The summed E-state index contributed by atoms with van der Waals surface area (Å²) in [5.41, 5.74) is 0.463. The summed E-state index contributed by atoms with van der Waals surface area (Å²) in [6, 6.07) is 1.90. The van der Waals surface area contributed by atoms with Crippen LogP contribution < -0.4 is 0 Å². The quantitative estimate of drug-likeness (QED) is 0.607. The lowest BCUT2D eigenvalue weighted by Gasteiger charge is -2.48. The third-order valence-electron chi connectivity index (χ3n) is 3.30. The molecule has 13 heavy (non-hydrogen) atoms. The van der Waals surface area contributed by atoms with Gasteiger partial charge in [0.25, 0.3) is 0 Å². The maximum Gasteiger partial charge on any atom is 0.236 e. The molecule has 0 aromatic heterocycles. The summed E-state index contributed by atoms with van der Waals surface area (Å²) in [4.78, 5) is 13.1. The molecule has 0 unspecified atom stereocenters. The van der Waals surface area contributed by atoms with Crippen LogP contribution in [0.3, 0.4) is 0 Å². The molecule has 1 heterocycles. The lowest BCUT2D eigenvalue weighted by molar-refractivity contribution is -0.141. The predicted octanol–water partition coefficient (Wildman–Crippen LogP) is 1.30. The molecule has 0 aromatic rings. The summed E-state index contributed by atoms with van der Waals surface area (Å²) < 4.78 is 0. The molecule has 1 aliphatic heterocycles. The van der Waals surface area contributed by atoms with E-state index >= 15 is 0 Å². The van der Waals surface area contributed by atoms with Crippen LogP contribution in [0.1, 0.15) is 32.1 Å². The van der Waals surface area contributed by atoms with Crippen molar-refractivity contribution in [2.75, 3.05) is 13.1 Å². The molecule has 2 fully saturated rings. The minimum atomic E-state index is 0.0139. The normalized spacial score (nSPS) is 24.1. The molecule has 2 aliphatic rings. The molecule has 1 saturated heterocycles. The molecule has 0 atom stereocenters. The first-order valence-electron chi connectivity index (χ1n) is 4.91. The smallest absolute Gasteiger partial charge is 0.236 e. The summed E-state index contributed by atoms with van der Waals surface area (Å²) in [6.45, 7) is 1.82. The van der Waals surface area contributed by atoms with Gasteiger partial charge < -0.3 is 4.90 Å². The number of nitrogens with zero attached hydrogens (tertiary/aromatic N) is 2. The second-order valence-corrected chi connectivity index (χ2v) is 4.29. The van der Waals surface area contributed by atoms with Crippen LogP contribution in [0.4, 0.5) is 0 Å².